The fourth-order valence-corrected chi connectivity index (χ4v) is 3.32. The maximum Gasteiger partial charge on any atom is 0.435 e. The molecule has 12 heteroatoms. The van der Waals surface area contributed by atoms with Crippen LogP contribution in [-0.2, 0) is 18.0 Å². The lowest BCUT2D eigenvalue weighted by molar-refractivity contribution is -0.141. The third kappa shape index (κ3) is 4.43. The first-order valence-corrected chi connectivity index (χ1v) is 9.35. The third-order valence-corrected chi connectivity index (χ3v) is 4.82. The third-order valence-electron chi connectivity index (χ3n) is 4.82. The molecule has 1 N–H and O–H groups in total. The zero-order chi connectivity index (χ0) is 22.2. The van der Waals surface area contributed by atoms with Crippen molar-refractivity contribution in [3.05, 3.63) is 53.4 Å². The van der Waals surface area contributed by atoms with Gasteiger partial charge in [-0.15, -0.1) is 0 Å². The molecule has 3 heterocycles. The Morgan fingerprint density at radius 1 is 1.32 bits per heavy atom. The van der Waals surface area contributed by atoms with Crippen molar-refractivity contribution < 1.29 is 31.6 Å². The molecule has 1 aromatic carbocycles. The molecular weight excluding hydrogens is 422 g/mol. The summed E-state index contributed by atoms with van der Waals surface area (Å²) >= 11 is 0. The van der Waals surface area contributed by atoms with Gasteiger partial charge in [-0.1, -0.05) is 17.3 Å². The SMILES string of the molecule is Cn1nc(C(F)(F)F)cc1C(=O)N[C@H](c1nc(-c2cccc(F)c2)no1)[C@H]1CCCO1. The van der Waals surface area contributed by atoms with Crippen LogP contribution in [0.15, 0.2) is 34.9 Å². The van der Waals surface area contributed by atoms with E-state index in [4.69, 9.17) is 9.26 Å². The Morgan fingerprint density at radius 3 is 2.77 bits per heavy atom. The Morgan fingerprint density at radius 2 is 2.13 bits per heavy atom. The van der Waals surface area contributed by atoms with Crippen LogP contribution in [0.2, 0.25) is 0 Å². The second-order valence-corrected chi connectivity index (χ2v) is 7.01. The number of amides is 1. The molecule has 0 saturated carbocycles. The highest BCUT2D eigenvalue weighted by molar-refractivity contribution is 5.93. The minimum atomic E-state index is -4.68. The van der Waals surface area contributed by atoms with Crippen LogP contribution in [0.25, 0.3) is 11.4 Å². The topological polar surface area (TPSA) is 95.1 Å². The van der Waals surface area contributed by atoms with Crippen molar-refractivity contribution >= 4 is 5.91 Å². The van der Waals surface area contributed by atoms with Crippen molar-refractivity contribution in [2.24, 2.45) is 7.05 Å². The number of carbonyl (C=O) groups is 1. The molecule has 0 spiro atoms. The van der Waals surface area contributed by atoms with E-state index in [0.717, 1.165) is 11.1 Å². The number of aromatic nitrogens is 4. The molecule has 0 aliphatic carbocycles. The van der Waals surface area contributed by atoms with Gasteiger partial charge in [0.25, 0.3) is 11.8 Å². The van der Waals surface area contributed by atoms with Gasteiger partial charge in [0.15, 0.2) is 5.69 Å². The van der Waals surface area contributed by atoms with E-state index in [1.165, 1.54) is 25.2 Å². The van der Waals surface area contributed by atoms with Crippen LogP contribution in [0, 0.1) is 5.82 Å². The number of hydrogen-bond acceptors (Lipinski definition) is 6. The molecule has 0 unspecified atom stereocenters. The Kier molecular flexibility index (Phi) is 5.48. The van der Waals surface area contributed by atoms with Crippen LogP contribution in [-0.4, -0.2) is 38.5 Å². The maximum absolute atomic E-state index is 13.5. The molecule has 8 nitrogen and oxygen atoms in total. The van der Waals surface area contributed by atoms with Gasteiger partial charge in [0.2, 0.25) is 5.82 Å². The second-order valence-electron chi connectivity index (χ2n) is 7.01. The number of alkyl halides is 3. The number of aryl methyl sites for hydroxylation is 1. The minimum Gasteiger partial charge on any atom is -0.376 e. The first-order chi connectivity index (χ1) is 14.7. The zero-order valence-electron chi connectivity index (χ0n) is 16.2. The highest BCUT2D eigenvalue weighted by Crippen LogP contribution is 2.30. The highest BCUT2D eigenvalue weighted by Gasteiger charge is 2.37. The largest absolute Gasteiger partial charge is 0.435 e. The summed E-state index contributed by atoms with van der Waals surface area (Å²) in [4.78, 5) is 17.0. The Bertz CT molecular complexity index is 1090. The molecule has 2 atom stereocenters. The van der Waals surface area contributed by atoms with E-state index in [-0.39, 0.29) is 17.4 Å². The number of nitrogens with zero attached hydrogens (tertiary/aromatic N) is 4. The van der Waals surface area contributed by atoms with Gasteiger partial charge in [-0.3, -0.25) is 9.48 Å². The van der Waals surface area contributed by atoms with Crippen molar-refractivity contribution in [3.8, 4) is 11.4 Å². The van der Waals surface area contributed by atoms with E-state index < -0.39 is 35.7 Å². The van der Waals surface area contributed by atoms with Gasteiger partial charge < -0.3 is 14.6 Å². The number of carbonyl (C=O) groups excluding carboxylic acids is 1. The van der Waals surface area contributed by atoms with Crippen molar-refractivity contribution in [2.45, 2.75) is 31.2 Å². The molecule has 0 radical (unpaired) electrons. The standard InChI is InChI=1S/C19H17F4N5O3/c1-28-12(9-14(26-28)19(21,22)23)17(29)24-15(13-6-3-7-30-13)18-25-16(27-31-18)10-4-2-5-11(20)8-10/h2,4-5,8-9,13,15H,3,6-7H2,1H3,(H,24,29)/t13-,15+/m1/s1. The van der Waals surface area contributed by atoms with Gasteiger partial charge in [0, 0.05) is 25.3 Å². The summed E-state index contributed by atoms with van der Waals surface area (Å²) in [5, 5.41) is 9.78. The number of nitrogens with one attached hydrogen (secondary N) is 1. The number of hydrogen-bond donors (Lipinski definition) is 1. The van der Waals surface area contributed by atoms with Gasteiger partial charge >= 0.3 is 6.18 Å². The number of benzene rings is 1. The predicted molar refractivity (Wildman–Crippen MR) is 97.1 cm³/mol. The van der Waals surface area contributed by atoms with Crippen LogP contribution < -0.4 is 5.32 Å². The number of rotatable bonds is 5. The van der Waals surface area contributed by atoms with Gasteiger partial charge in [-0.05, 0) is 25.0 Å². The zero-order valence-corrected chi connectivity index (χ0v) is 16.2. The summed E-state index contributed by atoms with van der Waals surface area (Å²) in [6.45, 7) is 0.450. The quantitative estimate of drug-likeness (QED) is 0.613. The molecule has 1 saturated heterocycles. The first-order valence-electron chi connectivity index (χ1n) is 9.35. The summed E-state index contributed by atoms with van der Waals surface area (Å²) in [6.07, 6.45) is -3.90. The van der Waals surface area contributed by atoms with E-state index in [9.17, 15) is 22.4 Å². The fraction of sp³-hybridized carbons (Fsp3) is 0.368. The van der Waals surface area contributed by atoms with Crippen molar-refractivity contribution in [1.29, 1.82) is 0 Å². The Labute approximate surface area is 173 Å². The second kappa shape index (κ2) is 8.10. The van der Waals surface area contributed by atoms with Crippen molar-refractivity contribution in [3.63, 3.8) is 0 Å². The summed E-state index contributed by atoms with van der Waals surface area (Å²) in [5.41, 5.74) is -1.10. The Hall–Kier alpha value is -3.28. The van der Waals surface area contributed by atoms with Gasteiger partial charge in [0.05, 0.1) is 6.10 Å². The Balaban J connectivity index is 1.61. The average Bonchev–Trinajstić information content (AvgIpc) is 3.46. The van der Waals surface area contributed by atoms with E-state index in [0.29, 0.717) is 24.7 Å². The molecule has 1 fully saturated rings. The normalized spacial score (nSPS) is 17.6. The van der Waals surface area contributed by atoms with Crippen LogP contribution in [0.1, 0.15) is 41.0 Å². The van der Waals surface area contributed by atoms with Gasteiger partial charge in [-0.25, -0.2) is 4.39 Å². The number of ether oxygens (including phenoxy) is 1. The lowest BCUT2D eigenvalue weighted by Gasteiger charge is -2.20. The molecule has 3 aromatic rings. The van der Waals surface area contributed by atoms with Crippen molar-refractivity contribution in [1.82, 2.24) is 25.2 Å². The molecule has 1 aliphatic rings. The summed E-state index contributed by atoms with van der Waals surface area (Å²) < 4.78 is 64.0. The fourth-order valence-electron chi connectivity index (χ4n) is 3.32. The first kappa shape index (κ1) is 21.0. The van der Waals surface area contributed by atoms with Gasteiger partial charge in [0.1, 0.15) is 17.6 Å². The molecule has 164 valence electrons. The average molecular weight is 439 g/mol. The molecule has 0 bridgehead atoms. The molecule has 1 amide bonds. The molecule has 4 rings (SSSR count). The van der Waals surface area contributed by atoms with E-state index in [1.807, 2.05) is 0 Å². The smallest absolute Gasteiger partial charge is 0.376 e. The van der Waals surface area contributed by atoms with Gasteiger partial charge in [-0.2, -0.15) is 23.3 Å². The van der Waals surface area contributed by atoms with E-state index in [2.05, 4.69) is 20.6 Å². The van der Waals surface area contributed by atoms with E-state index >= 15 is 0 Å². The van der Waals surface area contributed by atoms with Crippen LogP contribution in [0.5, 0.6) is 0 Å². The predicted octanol–water partition coefficient (Wildman–Crippen LogP) is 3.28. The summed E-state index contributed by atoms with van der Waals surface area (Å²) in [7, 11) is 1.24. The summed E-state index contributed by atoms with van der Waals surface area (Å²) in [5.74, 6) is -1.19. The lowest BCUT2D eigenvalue weighted by Crippen LogP contribution is -2.37. The lowest BCUT2D eigenvalue weighted by atomic mass is 10.1. The van der Waals surface area contributed by atoms with E-state index in [1.54, 1.807) is 6.07 Å². The summed E-state index contributed by atoms with van der Waals surface area (Å²) in [6, 6.07) is 5.32. The minimum absolute atomic E-state index is 0.00211. The maximum atomic E-state index is 13.5. The van der Waals surface area contributed by atoms with Crippen LogP contribution in [0.4, 0.5) is 17.6 Å². The molecule has 31 heavy (non-hydrogen) atoms. The molecular formula is C19H17F4N5O3. The van der Waals surface area contributed by atoms with Crippen LogP contribution >= 0.6 is 0 Å². The van der Waals surface area contributed by atoms with Crippen molar-refractivity contribution in [2.75, 3.05) is 6.61 Å². The molecule has 1 aliphatic heterocycles. The van der Waals surface area contributed by atoms with Crippen LogP contribution in [0.3, 0.4) is 0 Å². The number of halogens is 4. The molecule has 2 aromatic heterocycles. The monoisotopic (exact) mass is 439 g/mol. The highest BCUT2D eigenvalue weighted by atomic mass is 19.4.